The number of benzene rings is 1. The molecule has 2 heterocycles. The van der Waals surface area contributed by atoms with Crippen molar-refractivity contribution in [2.45, 2.75) is 0 Å². The molecule has 0 saturated carbocycles. The zero-order valence-corrected chi connectivity index (χ0v) is 11.0. The first-order chi connectivity index (χ1) is 8.58. The fraction of sp³-hybridized carbons (Fsp3) is 0.0833. The summed E-state index contributed by atoms with van der Waals surface area (Å²) >= 11 is 5.21. The van der Waals surface area contributed by atoms with Gasteiger partial charge in [-0.25, -0.2) is 8.42 Å². The van der Waals surface area contributed by atoms with E-state index in [-0.39, 0.29) is 5.75 Å². The van der Waals surface area contributed by atoms with Gasteiger partial charge in [-0.1, -0.05) is 18.2 Å². The van der Waals surface area contributed by atoms with E-state index in [4.69, 9.17) is 12.2 Å². The highest BCUT2D eigenvalue weighted by atomic mass is 32.2. The smallest absolute Gasteiger partial charge is 0.183 e. The lowest BCUT2D eigenvalue weighted by Gasteiger charge is -1.99. The quantitative estimate of drug-likeness (QED) is 0.815. The molecule has 1 aromatic heterocycles. The molecule has 0 aliphatic carbocycles. The van der Waals surface area contributed by atoms with Gasteiger partial charge in [0.2, 0.25) is 0 Å². The Labute approximate surface area is 109 Å². The van der Waals surface area contributed by atoms with Crippen LogP contribution in [0, 0.1) is 4.77 Å². The molecule has 0 spiro atoms. The summed E-state index contributed by atoms with van der Waals surface area (Å²) in [4.78, 5) is 3.34. The highest BCUT2D eigenvalue weighted by Crippen LogP contribution is 2.21. The molecule has 0 radical (unpaired) electrons. The Balaban J connectivity index is 2.28. The molecule has 0 fully saturated rings. The lowest BCUT2D eigenvalue weighted by Crippen LogP contribution is -2.01. The van der Waals surface area contributed by atoms with Gasteiger partial charge in [0.15, 0.2) is 14.6 Å². The second kappa shape index (κ2) is 3.93. The van der Waals surface area contributed by atoms with Crippen molar-refractivity contribution in [2.75, 3.05) is 5.75 Å². The first kappa shape index (κ1) is 11.4. The minimum Gasteiger partial charge on any atom is -0.330 e. The largest absolute Gasteiger partial charge is 0.330 e. The molecular weight excluding hydrogens is 268 g/mol. The summed E-state index contributed by atoms with van der Waals surface area (Å²) < 4.78 is 25.7. The van der Waals surface area contributed by atoms with Crippen LogP contribution in [0.4, 0.5) is 0 Å². The van der Waals surface area contributed by atoms with Gasteiger partial charge in [0.05, 0.1) is 21.7 Å². The van der Waals surface area contributed by atoms with Crippen LogP contribution >= 0.6 is 12.2 Å². The number of aromatic amines is 1. The topological polar surface area (TPSA) is 54.9 Å². The van der Waals surface area contributed by atoms with Crippen molar-refractivity contribution in [1.29, 1.82) is 0 Å². The van der Waals surface area contributed by atoms with Gasteiger partial charge in [-0.2, -0.15) is 0 Å². The molecule has 4 nitrogen and oxygen atoms in total. The van der Waals surface area contributed by atoms with Gasteiger partial charge in [-0.3, -0.25) is 4.57 Å². The third kappa shape index (κ3) is 1.74. The second-order valence-electron chi connectivity index (χ2n) is 4.03. The van der Waals surface area contributed by atoms with E-state index in [1.165, 1.54) is 0 Å². The molecule has 2 aromatic rings. The Morgan fingerprint density at radius 1 is 1.33 bits per heavy atom. The number of sulfone groups is 1. The van der Waals surface area contributed by atoms with E-state index in [0.717, 1.165) is 11.0 Å². The predicted molar refractivity (Wildman–Crippen MR) is 74.3 cm³/mol. The summed E-state index contributed by atoms with van der Waals surface area (Å²) in [5, 5.41) is 0. The maximum atomic E-state index is 11.7. The Kier molecular flexibility index (Phi) is 2.49. The molecule has 1 aliphatic rings. The van der Waals surface area contributed by atoms with Crippen molar-refractivity contribution in [1.82, 2.24) is 9.55 Å². The van der Waals surface area contributed by atoms with Crippen molar-refractivity contribution in [3.63, 3.8) is 0 Å². The van der Waals surface area contributed by atoms with E-state index >= 15 is 0 Å². The minimum absolute atomic E-state index is 0.0640. The Bertz CT molecular complexity index is 838. The van der Waals surface area contributed by atoms with Gasteiger partial charge in [0.25, 0.3) is 0 Å². The average molecular weight is 278 g/mol. The molecule has 0 unspecified atom stereocenters. The van der Waals surface area contributed by atoms with E-state index in [1.54, 1.807) is 22.9 Å². The summed E-state index contributed by atoms with van der Waals surface area (Å²) in [6.07, 6.45) is 4.82. The van der Waals surface area contributed by atoms with Crippen LogP contribution in [0.2, 0.25) is 0 Å². The van der Waals surface area contributed by atoms with E-state index in [9.17, 15) is 8.42 Å². The molecule has 1 aromatic carbocycles. The van der Waals surface area contributed by atoms with E-state index < -0.39 is 9.84 Å². The number of aromatic nitrogens is 2. The van der Waals surface area contributed by atoms with Crippen LogP contribution in [-0.4, -0.2) is 23.7 Å². The van der Waals surface area contributed by atoms with Crippen molar-refractivity contribution < 1.29 is 8.42 Å². The maximum Gasteiger partial charge on any atom is 0.183 e. The molecule has 1 aliphatic heterocycles. The van der Waals surface area contributed by atoms with Crippen LogP contribution in [-0.2, 0) is 9.84 Å². The summed E-state index contributed by atoms with van der Waals surface area (Å²) in [6, 6.07) is 7.58. The lowest BCUT2D eigenvalue weighted by atomic mass is 10.3. The van der Waals surface area contributed by atoms with Crippen molar-refractivity contribution in [3.8, 4) is 0 Å². The fourth-order valence-electron chi connectivity index (χ4n) is 1.94. The maximum absolute atomic E-state index is 11.7. The standard InChI is InChI=1S/C12H10N2O2S2/c15-18(16)7-3-4-9(18)8-14-11-6-2-1-5-10(11)13-12(14)17/h1-6,8H,7H2,(H,13,17)/b9-8+. The van der Waals surface area contributed by atoms with E-state index in [1.807, 2.05) is 24.3 Å². The normalized spacial score (nSPS) is 19.9. The molecule has 0 saturated heterocycles. The molecular formula is C12H10N2O2S2. The molecule has 1 N–H and O–H groups in total. The van der Waals surface area contributed by atoms with Crippen LogP contribution in [0.5, 0.6) is 0 Å². The van der Waals surface area contributed by atoms with Gasteiger partial charge in [-0.15, -0.1) is 0 Å². The molecule has 3 rings (SSSR count). The third-order valence-electron chi connectivity index (χ3n) is 2.84. The number of nitrogens with one attached hydrogen (secondary N) is 1. The Hall–Kier alpha value is -1.66. The lowest BCUT2D eigenvalue weighted by molar-refractivity contribution is 0.607. The second-order valence-corrected chi connectivity index (χ2v) is 6.45. The summed E-state index contributed by atoms with van der Waals surface area (Å²) in [6.45, 7) is 0. The number of rotatable bonds is 1. The summed E-state index contributed by atoms with van der Waals surface area (Å²) in [5.74, 6) is 0.0640. The molecule has 92 valence electrons. The number of hydrogen-bond acceptors (Lipinski definition) is 3. The monoisotopic (exact) mass is 278 g/mol. The van der Waals surface area contributed by atoms with Gasteiger partial charge >= 0.3 is 0 Å². The average Bonchev–Trinajstić information content (AvgIpc) is 2.81. The molecule has 0 bridgehead atoms. The SMILES string of the molecule is O=S1(=O)CC=C/C1=C\n1c(=S)[nH]c2ccccc21. The molecule has 6 heteroatoms. The first-order valence-electron chi connectivity index (χ1n) is 5.38. The van der Waals surface area contributed by atoms with Crippen LogP contribution in [0.15, 0.2) is 41.3 Å². The van der Waals surface area contributed by atoms with Crippen molar-refractivity contribution in [2.24, 2.45) is 0 Å². The van der Waals surface area contributed by atoms with Crippen molar-refractivity contribution in [3.05, 3.63) is 46.1 Å². The highest BCUT2D eigenvalue weighted by Gasteiger charge is 2.19. The van der Waals surface area contributed by atoms with Crippen LogP contribution in [0.25, 0.3) is 17.2 Å². The number of imidazole rings is 1. The Morgan fingerprint density at radius 3 is 2.83 bits per heavy atom. The highest BCUT2D eigenvalue weighted by molar-refractivity contribution is 7.96. The van der Waals surface area contributed by atoms with Crippen LogP contribution in [0.1, 0.15) is 0 Å². The van der Waals surface area contributed by atoms with Gasteiger partial charge in [0, 0.05) is 6.20 Å². The van der Waals surface area contributed by atoms with Gasteiger partial charge in [0.1, 0.15) is 0 Å². The molecule has 18 heavy (non-hydrogen) atoms. The zero-order valence-electron chi connectivity index (χ0n) is 9.33. The van der Waals surface area contributed by atoms with E-state index in [2.05, 4.69) is 4.98 Å². The zero-order chi connectivity index (χ0) is 12.8. The summed E-state index contributed by atoms with van der Waals surface area (Å²) in [7, 11) is -3.18. The molecule has 0 atom stereocenters. The molecule has 0 amide bonds. The Morgan fingerprint density at radius 2 is 2.11 bits per heavy atom. The number of allylic oxidation sites excluding steroid dienone is 1. The van der Waals surface area contributed by atoms with Crippen molar-refractivity contribution >= 4 is 39.3 Å². The number of fused-ring (bicyclic) bond motifs is 1. The summed E-state index contributed by atoms with van der Waals surface area (Å²) in [5.41, 5.74) is 1.75. The van der Waals surface area contributed by atoms with E-state index in [0.29, 0.717) is 9.68 Å². The van der Waals surface area contributed by atoms with Crippen LogP contribution < -0.4 is 0 Å². The number of nitrogens with zero attached hydrogens (tertiary/aromatic N) is 1. The minimum atomic E-state index is -3.18. The fourth-order valence-corrected chi connectivity index (χ4v) is 3.32. The number of H-pyrrole nitrogens is 1. The van der Waals surface area contributed by atoms with Gasteiger partial charge < -0.3 is 4.98 Å². The van der Waals surface area contributed by atoms with Crippen LogP contribution in [0.3, 0.4) is 0 Å². The third-order valence-corrected chi connectivity index (χ3v) is 4.73. The number of para-hydroxylation sites is 2. The van der Waals surface area contributed by atoms with Gasteiger partial charge in [-0.05, 0) is 30.4 Å². The predicted octanol–water partition coefficient (Wildman–Crippen LogP) is 2.48. The number of hydrogen-bond donors (Lipinski definition) is 1. The first-order valence-corrected chi connectivity index (χ1v) is 7.44.